The van der Waals surface area contributed by atoms with Gasteiger partial charge >= 0.3 is 0 Å². The van der Waals surface area contributed by atoms with Crippen LogP contribution < -0.4 is 5.32 Å². The van der Waals surface area contributed by atoms with Gasteiger partial charge in [0.25, 0.3) is 5.91 Å². The summed E-state index contributed by atoms with van der Waals surface area (Å²) in [5.41, 5.74) is 1.11. The van der Waals surface area contributed by atoms with Crippen molar-refractivity contribution in [2.75, 3.05) is 6.54 Å². The fourth-order valence-electron chi connectivity index (χ4n) is 1.51. The third-order valence-electron chi connectivity index (χ3n) is 2.57. The zero-order valence-electron chi connectivity index (χ0n) is 9.77. The molecular weight excluding hydrogens is 333 g/mol. The van der Waals surface area contributed by atoms with Gasteiger partial charge in [0.1, 0.15) is 5.82 Å². The molecule has 1 aromatic carbocycles. The van der Waals surface area contributed by atoms with E-state index in [1.54, 1.807) is 6.07 Å². The molecule has 2 rings (SSSR count). The van der Waals surface area contributed by atoms with Gasteiger partial charge in [-0.3, -0.25) is 4.79 Å². The molecule has 6 heteroatoms. The van der Waals surface area contributed by atoms with Gasteiger partial charge in [-0.05, 0) is 56.5 Å². The van der Waals surface area contributed by atoms with Gasteiger partial charge in [0, 0.05) is 12.1 Å². The summed E-state index contributed by atoms with van der Waals surface area (Å²) in [6.45, 7) is 0.116. The molecule has 0 aliphatic rings. The summed E-state index contributed by atoms with van der Waals surface area (Å²) in [7, 11) is 0. The van der Waals surface area contributed by atoms with Crippen molar-refractivity contribution in [1.82, 2.24) is 5.32 Å². The zero-order valence-corrected chi connectivity index (χ0v) is 12.2. The monoisotopic (exact) mass is 343 g/mol. The van der Waals surface area contributed by atoms with Crippen molar-refractivity contribution in [3.63, 3.8) is 0 Å². The van der Waals surface area contributed by atoms with Crippen molar-refractivity contribution in [1.29, 1.82) is 0 Å². The maximum Gasteiger partial charge on any atom is 0.251 e. The Hall–Kier alpha value is -1.24. The van der Waals surface area contributed by atoms with Crippen LogP contribution in [0.4, 0.5) is 4.39 Å². The molecule has 1 heterocycles. The summed E-state index contributed by atoms with van der Waals surface area (Å²) < 4.78 is 13.3. The first-order valence-electron chi connectivity index (χ1n) is 5.51. The number of hydrogen-bond donors (Lipinski definition) is 2. The van der Waals surface area contributed by atoms with Gasteiger partial charge in [-0.25, -0.2) is 4.39 Å². The molecule has 0 saturated heterocycles. The quantitative estimate of drug-likeness (QED) is 0.895. The van der Waals surface area contributed by atoms with Crippen molar-refractivity contribution in [3.05, 3.63) is 56.4 Å². The second-order valence-corrected chi connectivity index (χ2v) is 5.55. The van der Waals surface area contributed by atoms with E-state index >= 15 is 0 Å². The molecule has 2 aromatic rings. The minimum Gasteiger partial charge on any atom is -0.387 e. The average Bonchev–Trinajstić information content (AvgIpc) is 2.92. The Kier molecular flexibility index (Phi) is 4.68. The predicted molar refractivity (Wildman–Crippen MR) is 75.7 cm³/mol. The van der Waals surface area contributed by atoms with Gasteiger partial charge in [0.05, 0.1) is 10.6 Å². The predicted octanol–water partition coefficient (Wildman–Crippen LogP) is 3.11. The summed E-state index contributed by atoms with van der Waals surface area (Å²) >= 11 is 4.50. The Labute approximate surface area is 122 Å². The number of rotatable bonds is 4. The van der Waals surface area contributed by atoms with E-state index in [4.69, 9.17) is 0 Å². The second kappa shape index (κ2) is 6.27. The van der Waals surface area contributed by atoms with E-state index in [2.05, 4.69) is 21.2 Å². The van der Waals surface area contributed by atoms with Crippen LogP contribution in [-0.2, 0) is 0 Å². The summed E-state index contributed by atoms with van der Waals surface area (Å²) in [5.74, 6) is -0.773. The molecule has 0 spiro atoms. The Bertz CT molecular complexity index is 574. The van der Waals surface area contributed by atoms with Crippen molar-refractivity contribution in [3.8, 4) is 0 Å². The van der Waals surface area contributed by atoms with Gasteiger partial charge in [0.15, 0.2) is 0 Å². The Morgan fingerprint density at radius 1 is 1.47 bits per heavy atom. The molecule has 2 N–H and O–H groups in total. The second-order valence-electron chi connectivity index (χ2n) is 3.91. The van der Waals surface area contributed by atoms with Crippen LogP contribution in [0.1, 0.15) is 22.0 Å². The average molecular weight is 344 g/mol. The standard InChI is InChI=1S/C13H11BrFNO2S/c14-10-5-8(1-2-11(10)15)13(18)16-6-12(17)9-3-4-19-7-9/h1-5,7,12,17H,6H2,(H,16,18). The van der Waals surface area contributed by atoms with Crippen LogP contribution in [0.3, 0.4) is 0 Å². The fraction of sp³-hybridized carbons (Fsp3) is 0.154. The number of halogens is 2. The molecule has 0 saturated carbocycles. The number of carbonyl (C=O) groups is 1. The van der Waals surface area contributed by atoms with Crippen LogP contribution in [0.2, 0.25) is 0 Å². The van der Waals surface area contributed by atoms with E-state index in [0.717, 1.165) is 5.56 Å². The van der Waals surface area contributed by atoms with Gasteiger partial charge in [0.2, 0.25) is 0 Å². The molecule has 19 heavy (non-hydrogen) atoms. The van der Waals surface area contributed by atoms with Gasteiger partial charge in [-0.2, -0.15) is 11.3 Å². The van der Waals surface area contributed by atoms with E-state index in [1.807, 2.05) is 10.8 Å². The Morgan fingerprint density at radius 3 is 2.89 bits per heavy atom. The Balaban J connectivity index is 1.96. The lowest BCUT2D eigenvalue weighted by Gasteiger charge is -2.10. The highest BCUT2D eigenvalue weighted by Gasteiger charge is 2.12. The number of nitrogens with one attached hydrogen (secondary N) is 1. The first-order chi connectivity index (χ1) is 9.08. The molecule has 1 unspecified atom stereocenters. The molecule has 0 bridgehead atoms. The minimum atomic E-state index is -0.737. The van der Waals surface area contributed by atoms with E-state index in [0.29, 0.717) is 5.56 Å². The van der Waals surface area contributed by atoms with Gasteiger partial charge < -0.3 is 10.4 Å². The highest BCUT2D eigenvalue weighted by Crippen LogP contribution is 2.18. The van der Waals surface area contributed by atoms with Crippen LogP contribution in [0.15, 0.2) is 39.5 Å². The SMILES string of the molecule is O=C(NCC(O)c1ccsc1)c1ccc(F)c(Br)c1. The van der Waals surface area contributed by atoms with Crippen LogP contribution in [0, 0.1) is 5.82 Å². The van der Waals surface area contributed by atoms with Gasteiger partial charge in [-0.1, -0.05) is 0 Å². The van der Waals surface area contributed by atoms with Crippen molar-refractivity contribution in [2.45, 2.75) is 6.10 Å². The first kappa shape index (κ1) is 14.2. The number of thiophene rings is 1. The number of aliphatic hydroxyl groups is 1. The first-order valence-corrected chi connectivity index (χ1v) is 7.25. The summed E-state index contributed by atoms with van der Waals surface area (Å²) in [6.07, 6.45) is -0.737. The topological polar surface area (TPSA) is 49.3 Å². The lowest BCUT2D eigenvalue weighted by molar-refractivity contribution is 0.0916. The molecule has 0 radical (unpaired) electrons. The number of carbonyl (C=O) groups excluding carboxylic acids is 1. The van der Waals surface area contributed by atoms with E-state index in [9.17, 15) is 14.3 Å². The largest absolute Gasteiger partial charge is 0.387 e. The molecule has 0 fully saturated rings. The van der Waals surface area contributed by atoms with Crippen molar-refractivity contribution >= 4 is 33.2 Å². The van der Waals surface area contributed by atoms with E-state index in [1.165, 1.54) is 29.5 Å². The summed E-state index contributed by atoms with van der Waals surface area (Å²) in [6, 6.07) is 5.82. The maximum absolute atomic E-state index is 13.0. The lowest BCUT2D eigenvalue weighted by atomic mass is 10.2. The van der Waals surface area contributed by atoms with E-state index < -0.39 is 11.9 Å². The number of hydrogen-bond acceptors (Lipinski definition) is 3. The molecule has 1 atom stereocenters. The summed E-state index contributed by atoms with van der Waals surface area (Å²) in [5, 5.41) is 16.1. The maximum atomic E-state index is 13.0. The van der Waals surface area contributed by atoms with Crippen molar-refractivity contribution < 1.29 is 14.3 Å². The van der Waals surface area contributed by atoms with Crippen LogP contribution in [0.5, 0.6) is 0 Å². The number of benzene rings is 1. The molecule has 100 valence electrons. The molecule has 1 aromatic heterocycles. The molecule has 1 amide bonds. The summed E-state index contributed by atoms with van der Waals surface area (Å²) in [4.78, 5) is 11.8. The third-order valence-corrected chi connectivity index (χ3v) is 3.87. The van der Waals surface area contributed by atoms with Crippen LogP contribution in [-0.4, -0.2) is 17.6 Å². The zero-order chi connectivity index (χ0) is 13.8. The third kappa shape index (κ3) is 3.62. The van der Waals surface area contributed by atoms with Crippen LogP contribution in [0.25, 0.3) is 0 Å². The van der Waals surface area contributed by atoms with Crippen molar-refractivity contribution in [2.24, 2.45) is 0 Å². The smallest absolute Gasteiger partial charge is 0.251 e. The Morgan fingerprint density at radius 2 is 2.26 bits per heavy atom. The van der Waals surface area contributed by atoms with Gasteiger partial charge in [-0.15, -0.1) is 0 Å². The highest BCUT2D eigenvalue weighted by atomic mass is 79.9. The minimum absolute atomic E-state index is 0.116. The van der Waals surface area contributed by atoms with Crippen LogP contribution >= 0.6 is 27.3 Å². The highest BCUT2D eigenvalue weighted by molar-refractivity contribution is 9.10. The van der Waals surface area contributed by atoms with E-state index in [-0.39, 0.29) is 16.9 Å². The normalized spacial score (nSPS) is 12.2. The fourth-order valence-corrected chi connectivity index (χ4v) is 2.60. The molecule has 0 aliphatic heterocycles. The number of aliphatic hydroxyl groups excluding tert-OH is 1. The lowest BCUT2D eigenvalue weighted by Crippen LogP contribution is -2.28. The number of amides is 1. The molecular formula is C13H11BrFNO2S. The molecule has 0 aliphatic carbocycles. The molecule has 3 nitrogen and oxygen atoms in total.